The molecule has 0 aromatic heterocycles. The molecule has 0 aliphatic rings. The second-order valence-electron chi connectivity index (χ2n) is 5.34. The van der Waals surface area contributed by atoms with Gasteiger partial charge < -0.3 is 34.6 Å². The third-order valence-electron chi connectivity index (χ3n) is 3.19. The number of benzene rings is 2. The fourth-order valence-corrected chi connectivity index (χ4v) is 1.83. The number of rotatable bonds is 10. The Bertz CT molecular complexity index is 557. The zero-order valence-corrected chi connectivity index (χ0v) is 13.6. The summed E-state index contributed by atoms with van der Waals surface area (Å²) < 4.78 is 16.3. The van der Waals surface area contributed by atoms with Gasteiger partial charge in [-0.2, -0.15) is 0 Å². The molecule has 2 atom stereocenters. The average Bonchev–Trinajstić information content (AvgIpc) is 2.66. The lowest BCUT2D eigenvalue weighted by molar-refractivity contribution is 0.0536. The monoisotopic (exact) mass is 350 g/mol. The minimum absolute atomic E-state index is 0.0170. The number of hydrogen-bond donors (Lipinski definition) is 4. The average molecular weight is 350 g/mol. The molecule has 0 saturated carbocycles. The van der Waals surface area contributed by atoms with E-state index >= 15 is 0 Å². The Labute approximate surface area is 145 Å². The van der Waals surface area contributed by atoms with Crippen LogP contribution in [0.2, 0.25) is 0 Å². The molecule has 0 radical (unpaired) electrons. The zero-order valence-electron chi connectivity index (χ0n) is 13.6. The van der Waals surface area contributed by atoms with Gasteiger partial charge in [-0.15, -0.1) is 0 Å². The van der Waals surface area contributed by atoms with Gasteiger partial charge in [0.2, 0.25) is 0 Å². The molecule has 2 unspecified atom stereocenters. The van der Waals surface area contributed by atoms with Gasteiger partial charge in [0.05, 0.1) is 13.2 Å². The molecule has 7 heteroatoms. The summed E-state index contributed by atoms with van der Waals surface area (Å²) in [6, 6.07) is 13.7. The van der Waals surface area contributed by atoms with Crippen LogP contribution in [0, 0.1) is 0 Å². The summed E-state index contributed by atoms with van der Waals surface area (Å²) in [4.78, 5) is 0. The summed E-state index contributed by atoms with van der Waals surface area (Å²) >= 11 is 0. The minimum atomic E-state index is -0.907. The summed E-state index contributed by atoms with van der Waals surface area (Å²) in [5.41, 5.74) is 0. The molecule has 0 heterocycles. The van der Waals surface area contributed by atoms with Crippen LogP contribution >= 0.6 is 0 Å². The molecule has 0 bridgehead atoms. The van der Waals surface area contributed by atoms with E-state index in [1.807, 2.05) is 0 Å². The first-order valence-electron chi connectivity index (χ1n) is 7.82. The molecule has 0 amide bonds. The SMILES string of the molecule is OCC(O)COc1ccc(Oc2ccc(OCC(O)CO)cc2)cc1. The highest BCUT2D eigenvalue weighted by molar-refractivity contribution is 5.37. The van der Waals surface area contributed by atoms with Crippen molar-refractivity contribution >= 4 is 0 Å². The lowest BCUT2D eigenvalue weighted by atomic mass is 10.3. The molecule has 0 saturated heterocycles. The van der Waals surface area contributed by atoms with Crippen molar-refractivity contribution in [1.82, 2.24) is 0 Å². The van der Waals surface area contributed by atoms with Crippen molar-refractivity contribution in [2.45, 2.75) is 12.2 Å². The fourth-order valence-electron chi connectivity index (χ4n) is 1.83. The maximum absolute atomic E-state index is 9.24. The maximum atomic E-state index is 9.24. The van der Waals surface area contributed by atoms with Gasteiger partial charge in [-0.25, -0.2) is 0 Å². The summed E-state index contributed by atoms with van der Waals surface area (Å²) in [7, 11) is 0. The van der Waals surface area contributed by atoms with Crippen LogP contribution in [-0.4, -0.2) is 59.1 Å². The van der Waals surface area contributed by atoms with Crippen molar-refractivity contribution in [3.63, 3.8) is 0 Å². The Hall–Kier alpha value is -2.32. The van der Waals surface area contributed by atoms with E-state index in [2.05, 4.69) is 0 Å². The van der Waals surface area contributed by atoms with Gasteiger partial charge in [0.25, 0.3) is 0 Å². The van der Waals surface area contributed by atoms with E-state index in [1.54, 1.807) is 48.5 Å². The molecule has 0 aliphatic carbocycles. The Kier molecular flexibility index (Phi) is 7.49. The molecule has 0 spiro atoms. The fraction of sp³-hybridized carbons (Fsp3) is 0.333. The van der Waals surface area contributed by atoms with Crippen LogP contribution in [0.4, 0.5) is 0 Å². The van der Waals surface area contributed by atoms with Crippen molar-refractivity contribution in [2.75, 3.05) is 26.4 Å². The van der Waals surface area contributed by atoms with E-state index < -0.39 is 12.2 Å². The van der Waals surface area contributed by atoms with Crippen LogP contribution < -0.4 is 14.2 Å². The predicted molar refractivity (Wildman–Crippen MR) is 90.1 cm³/mol. The largest absolute Gasteiger partial charge is 0.491 e. The van der Waals surface area contributed by atoms with E-state index in [4.69, 9.17) is 24.4 Å². The first-order valence-corrected chi connectivity index (χ1v) is 7.82. The van der Waals surface area contributed by atoms with Crippen LogP contribution in [0.1, 0.15) is 0 Å². The highest BCUT2D eigenvalue weighted by Gasteiger charge is 2.05. The lowest BCUT2D eigenvalue weighted by Gasteiger charge is -2.12. The van der Waals surface area contributed by atoms with Crippen molar-refractivity contribution in [1.29, 1.82) is 0 Å². The first kappa shape index (κ1) is 19.0. The quantitative estimate of drug-likeness (QED) is 0.505. The first-order chi connectivity index (χ1) is 12.1. The highest BCUT2D eigenvalue weighted by atomic mass is 16.5. The predicted octanol–water partition coefficient (Wildman–Crippen LogP) is 0.943. The molecule has 2 aromatic rings. The van der Waals surface area contributed by atoms with Crippen LogP contribution in [0.5, 0.6) is 23.0 Å². The number of ether oxygens (including phenoxy) is 3. The van der Waals surface area contributed by atoms with Gasteiger partial charge in [-0.3, -0.25) is 0 Å². The van der Waals surface area contributed by atoms with E-state index in [0.29, 0.717) is 23.0 Å². The van der Waals surface area contributed by atoms with Crippen LogP contribution in [0.25, 0.3) is 0 Å². The van der Waals surface area contributed by atoms with Gasteiger partial charge in [0.1, 0.15) is 48.4 Å². The minimum Gasteiger partial charge on any atom is -0.491 e. The topological polar surface area (TPSA) is 109 Å². The lowest BCUT2D eigenvalue weighted by Crippen LogP contribution is -2.21. The van der Waals surface area contributed by atoms with Crippen molar-refractivity contribution < 1.29 is 34.6 Å². The Morgan fingerprint density at radius 1 is 0.600 bits per heavy atom. The molecular formula is C18H22O7. The molecule has 25 heavy (non-hydrogen) atoms. The standard InChI is InChI=1S/C18H22O7/c19-9-13(21)11-23-15-1-5-17(6-2-15)25-18-7-3-16(4-8-18)24-12-14(22)10-20/h1-8,13-14,19-22H,9-12H2. The van der Waals surface area contributed by atoms with Crippen LogP contribution in [0.15, 0.2) is 48.5 Å². The van der Waals surface area contributed by atoms with Crippen molar-refractivity contribution in [2.24, 2.45) is 0 Å². The number of aliphatic hydroxyl groups is 4. The number of hydrogen-bond acceptors (Lipinski definition) is 7. The van der Waals surface area contributed by atoms with E-state index in [0.717, 1.165) is 0 Å². The Morgan fingerprint density at radius 3 is 1.24 bits per heavy atom. The molecule has 136 valence electrons. The molecule has 4 N–H and O–H groups in total. The molecule has 0 aliphatic heterocycles. The second-order valence-corrected chi connectivity index (χ2v) is 5.34. The van der Waals surface area contributed by atoms with Gasteiger partial charge in [0.15, 0.2) is 0 Å². The number of aliphatic hydroxyl groups excluding tert-OH is 4. The van der Waals surface area contributed by atoms with Gasteiger partial charge in [-0.1, -0.05) is 0 Å². The normalized spacial score (nSPS) is 13.1. The smallest absolute Gasteiger partial charge is 0.127 e. The Balaban J connectivity index is 1.85. The molecule has 2 rings (SSSR count). The van der Waals surface area contributed by atoms with Crippen LogP contribution in [0.3, 0.4) is 0 Å². The summed E-state index contributed by atoms with van der Waals surface area (Å²) in [6.07, 6.45) is -1.81. The molecular weight excluding hydrogens is 328 g/mol. The molecule has 7 nitrogen and oxygen atoms in total. The Morgan fingerprint density at radius 2 is 0.920 bits per heavy atom. The third-order valence-corrected chi connectivity index (χ3v) is 3.19. The van der Waals surface area contributed by atoms with Crippen molar-refractivity contribution in [3.05, 3.63) is 48.5 Å². The van der Waals surface area contributed by atoms with E-state index in [1.165, 1.54) is 0 Å². The summed E-state index contributed by atoms with van der Waals surface area (Å²) in [5, 5.41) is 35.9. The second kappa shape index (κ2) is 9.85. The van der Waals surface area contributed by atoms with Gasteiger partial charge in [0, 0.05) is 0 Å². The maximum Gasteiger partial charge on any atom is 0.127 e. The van der Waals surface area contributed by atoms with E-state index in [-0.39, 0.29) is 26.4 Å². The highest BCUT2D eigenvalue weighted by Crippen LogP contribution is 2.25. The van der Waals surface area contributed by atoms with Crippen LogP contribution in [-0.2, 0) is 0 Å². The summed E-state index contributed by atoms with van der Waals surface area (Å²) in [6.45, 7) is -0.661. The van der Waals surface area contributed by atoms with Gasteiger partial charge in [-0.05, 0) is 48.5 Å². The summed E-state index contributed by atoms with van der Waals surface area (Å²) in [5.74, 6) is 2.34. The van der Waals surface area contributed by atoms with Gasteiger partial charge >= 0.3 is 0 Å². The third kappa shape index (κ3) is 6.60. The van der Waals surface area contributed by atoms with Crippen molar-refractivity contribution in [3.8, 4) is 23.0 Å². The molecule has 0 fully saturated rings. The van der Waals surface area contributed by atoms with E-state index in [9.17, 15) is 10.2 Å². The molecule has 2 aromatic carbocycles. The zero-order chi connectivity index (χ0) is 18.1.